The highest BCUT2D eigenvalue weighted by atomic mass is 35.5. The minimum absolute atomic E-state index is 0.621. The van der Waals surface area contributed by atoms with E-state index in [1.807, 2.05) is 18.2 Å². The van der Waals surface area contributed by atoms with Gasteiger partial charge >= 0.3 is 0 Å². The smallest absolute Gasteiger partial charge is 0.0595 e. The second-order valence-corrected chi connectivity index (χ2v) is 5.94. The third-order valence-corrected chi connectivity index (χ3v) is 4.32. The first-order valence-electron chi connectivity index (χ1n) is 6.48. The third kappa shape index (κ3) is 4.13. The molecule has 1 N–H and O–H groups in total. The third-order valence-electron chi connectivity index (χ3n) is 3.58. The molecule has 0 bridgehead atoms. The number of benzene rings is 1. The molecule has 0 amide bonds. The highest BCUT2D eigenvalue weighted by Gasteiger charge is 2.15. The van der Waals surface area contributed by atoms with Crippen LogP contribution in [0.3, 0.4) is 0 Å². The van der Waals surface area contributed by atoms with Gasteiger partial charge in [-0.15, -0.1) is 0 Å². The first kappa shape index (κ1) is 14.1. The molecule has 1 aromatic rings. The average Bonchev–Trinajstić information content (AvgIpc) is 2.36. The molecule has 1 aromatic carbocycles. The number of likely N-dealkylation sites (tertiary alicyclic amines) is 1. The average molecular weight is 287 g/mol. The quantitative estimate of drug-likeness (QED) is 0.912. The molecule has 0 aromatic heterocycles. The maximum Gasteiger partial charge on any atom is 0.0595 e. The van der Waals surface area contributed by atoms with Crippen molar-refractivity contribution in [1.82, 2.24) is 10.2 Å². The standard InChI is InChI=1S/C14H20Cl2N2/c1-18-6-4-11(5-7-18)9-17-10-12-2-3-13(15)14(16)8-12/h2-3,8,11,17H,4-7,9-10H2,1H3. The van der Waals surface area contributed by atoms with Gasteiger partial charge in [0.1, 0.15) is 0 Å². The maximum atomic E-state index is 5.99. The number of nitrogens with zero attached hydrogens (tertiary/aromatic N) is 1. The summed E-state index contributed by atoms with van der Waals surface area (Å²) in [7, 11) is 2.19. The lowest BCUT2D eigenvalue weighted by atomic mass is 9.97. The van der Waals surface area contributed by atoms with E-state index in [9.17, 15) is 0 Å². The molecular weight excluding hydrogens is 267 g/mol. The summed E-state index contributed by atoms with van der Waals surface area (Å²) in [4.78, 5) is 2.40. The second kappa shape index (κ2) is 6.76. The lowest BCUT2D eigenvalue weighted by molar-refractivity contribution is 0.216. The molecule has 1 heterocycles. The van der Waals surface area contributed by atoms with E-state index in [1.165, 1.54) is 31.5 Å². The molecule has 1 aliphatic rings. The molecule has 0 aliphatic carbocycles. The van der Waals surface area contributed by atoms with Crippen LogP contribution in [-0.2, 0) is 6.54 Å². The SMILES string of the molecule is CN1CCC(CNCc2ccc(Cl)c(Cl)c2)CC1. The Morgan fingerprint density at radius 2 is 1.94 bits per heavy atom. The van der Waals surface area contributed by atoms with Crippen LogP contribution in [0.5, 0.6) is 0 Å². The molecule has 0 unspecified atom stereocenters. The Balaban J connectivity index is 1.73. The topological polar surface area (TPSA) is 15.3 Å². The Kier molecular flexibility index (Phi) is 5.31. The van der Waals surface area contributed by atoms with Crippen LogP contribution in [0.15, 0.2) is 18.2 Å². The van der Waals surface area contributed by atoms with Gasteiger partial charge in [-0.2, -0.15) is 0 Å². The minimum Gasteiger partial charge on any atom is -0.312 e. The number of hydrogen-bond acceptors (Lipinski definition) is 2. The lowest BCUT2D eigenvalue weighted by Gasteiger charge is -2.29. The Morgan fingerprint density at radius 1 is 1.22 bits per heavy atom. The van der Waals surface area contributed by atoms with E-state index in [-0.39, 0.29) is 0 Å². The highest BCUT2D eigenvalue weighted by Crippen LogP contribution is 2.22. The van der Waals surface area contributed by atoms with Gasteiger partial charge in [0.15, 0.2) is 0 Å². The van der Waals surface area contributed by atoms with Gasteiger partial charge in [-0.1, -0.05) is 29.3 Å². The predicted octanol–water partition coefficient (Wildman–Crippen LogP) is 3.42. The summed E-state index contributed by atoms with van der Waals surface area (Å²) in [5, 5.41) is 4.77. The van der Waals surface area contributed by atoms with Gasteiger partial charge in [0.05, 0.1) is 10.0 Å². The van der Waals surface area contributed by atoms with Crippen molar-refractivity contribution in [3.63, 3.8) is 0 Å². The summed E-state index contributed by atoms with van der Waals surface area (Å²) >= 11 is 11.9. The van der Waals surface area contributed by atoms with Crippen molar-refractivity contribution < 1.29 is 0 Å². The predicted molar refractivity (Wildman–Crippen MR) is 78.4 cm³/mol. The summed E-state index contributed by atoms with van der Waals surface area (Å²) in [6.45, 7) is 4.40. The van der Waals surface area contributed by atoms with Crippen molar-refractivity contribution in [1.29, 1.82) is 0 Å². The van der Waals surface area contributed by atoms with Crippen molar-refractivity contribution in [3.05, 3.63) is 33.8 Å². The van der Waals surface area contributed by atoms with Crippen LogP contribution in [0.4, 0.5) is 0 Å². The van der Waals surface area contributed by atoms with Crippen LogP contribution in [-0.4, -0.2) is 31.6 Å². The van der Waals surface area contributed by atoms with Crippen LogP contribution < -0.4 is 5.32 Å². The molecule has 1 fully saturated rings. The first-order valence-corrected chi connectivity index (χ1v) is 7.24. The van der Waals surface area contributed by atoms with Crippen LogP contribution in [0.25, 0.3) is 0 Å². The van der Waals surface area contributed by atoms with Gasteiger partial charge in [0, 0.05) is 6.54 Å². The summed E-state index contributed by atoms with van der Waals surface area (Å²) in [5.41, 5.74) is 1.19. The monoisotopic (exact) mass is 286 g/mol. The first-order chi connectivity index (χ1) is 8.65. The molecule has 0 spiro atoms. The molecule has 2 nitrogen and oxygen atoms in total. The Bertz CT molecular complexity index is 387. The summed E-state index contributed by atoms with van der Waals surface area (Å²) in [6, 6.07) is 5.82. The summed E-state index contributed by atoms with van der Waals surface area (Å²) < 4.78 is 0. The van der Waals surface area contributed by atoms with Crippen molar-refractivity contribution in [2.75, 3.05) is 26.7 Å². The molecule has 100 valence electrons. The molecular formula is C14H20Cl2N2. The van der Waals surface area contributed by atoms with Crippen LogP contribution in [0.2, 0.25) is 10.0 Å². The fourth-order valence-corrected chi connectivity index (χ4v) is 2.66. The maximum absolute atomic E-state index is 5.99. The van der Waals surface area contributed by atoms with Gasteiger partial charge in [-0.3, -0.25) is 0 Å². The minimum atomic E-state index is 0.621. The van der Waals surface area contributed by atoms with Crippen molar-refractivity contribution in [2.45, 2.75) is 19.4 Å². The zero-order valence-corrected chi connectivity index (χ0v) is 12.3. The Hall–Kier alpha value is -0.280. The fraction of sp³-hybridized carbons (Fsp3) is 0.571. The van der Waals surface area contributed by atoms with E-state index in [4.69, 9.17) is 23.2 Å². The van der Waals surface area contributed by atoms with Crippen molar-refractivity contribution >= 4 is 23.2 Å². The van der Waals surface area contributed by atoms with E-state index in [1.54, 1.807) is 0 Å². The van der Waals surface area contributed by atoms with E-state index in [2.05, 4.69) is 17.3 Å². The molecule has 1 aliphatic heterocycles. The summed E-state index contributed by atoms with van der Waals surface area (Å²) in [6.07, 6.45) is 2.59. The molecule has 18 heavy (non-hydrogen) atoms. The van der Waals surface area contributed by atoms with Gasteiger partial charge in [0.25, 0.3) is 0 Å². The number of rotatable bonds is 4. The van der Waals surface area contributed by atoms with E-state index >= 15 is 0 Å². The molecule has 0 saturated carbocycles. The molecule has 1 saturated heterocycles. The molecule has 2 rings (SSSR count). The van der Waals surface area contributed by atoms with Crippen molar-refractivity contribution in [3.8, 4) is 0 Å². The van der Waals surface area contributed by atoms with Crippen LogP contribution in [0, 0.1) is 5.92 Å². The molecule has 0 atom stereocenters. The normalized spacial score (nSPS) is 18.2. The summed E-state index contributed by atoms with van der Waals surface area (Å²) in [5.74, 6) is 0.809. The van der Waals surface area contributed by atoms with Gasteiger partial charge in [0.2, 0.25) is 0 Å². The Labute approximate surface area is 119 Å². The fourth-order valence-electron chi connectivity index (χ4n) is 2.34. The highest BCUT2D eigenvalue weighted by molar-refractivity contribution is 6.42. The van der Waals surface area contributed by atoms with Crippen molar-refractivity contribution in [2.24, 2.45) is 5.92 Å². The number of hydrogen-bond donors (Lipinski definition) is 1. The molecule has 4 heteroatoms. The number of halogens is 2. The van der Waals surface area contributed by atoms with Gasteiger partial charge in [-0.25, -0.2) is 0 Å². The Morgan fingerprint density at radius 3 is 2.61 bits per heavy atom. The van der Waals surface area contributed by atoms with Crippen LogP contribution >= 0.6 is 23.2 Å². The zero-order chi connectivity index (χ0) is 13.0. The van der Waals surface area contributed by atoms with Gasteiger partial charge in [-0.05, 0) is 63.1 Å². The van der Waals surface area contributed by atoms with Crippen LogP contribution in [0.1, 0.15) is 18.4 Å². The lowest BCUT2D eigenvalue weighted by Crippen LogP contribution is -2.34. The van der Waals surface area contributed by atoms with E-state index < -0.39 is 0 Å². The largest absolute Gasteiger partial charge is 0.312 e. The molecule has 0 radical (unpaired) electrons. The van der Waals surface area contributed by atoms with E-state index in [0.717, 1.165) is 19.0 Å². The van der Waals surface area contributed by atoms with Gasteiger partial charge < -0.3 is 10.2 Å². The number of piperidine rings is 1. The second-order valence-electron chi connectivity index (χ2n) is 5.13. The number of nitrogens with one attached hydrogen (secondary N) is 1. The zero-order valence-electron chi connectivity index (χ0n) is 10.8. The van der Waals surface area contributed by atoms with E-state index in [0.29, 0.717) is 10.0 Å².